The maximum absolute atomic E-state index is 13.6. The van der Waals surface area contributed by atoms with Gasteiger partial charge in [0.15, 0.2) is 0 Å². The SMILES string of the molecule is CC.CC(C)(C)OC(=O)NC1CCN(CCn2c(=O)cnc3ccc(F)cc32)CC1.CCC. The number of rotatable bonds is 4. The lowest BCUT2D eigenvalue weighted by molar-refractivity contribution is 0.0478. The van der Waals surface area contributed by atoms with Gasteiger partial charge in [-0.25, -0.2) is 14.2 Å². The molecule has 0 saturated carbocycles. The number of aromatic nitrogens is 2. The van der Waals surface area contributed by atoms with E-state index in [-0.39, 0.29) is 23.5 Å². The fourth-order valence-corrected chi connectivity index (χ4v) is 3.38. The number of hydrogen-bond donors (Lipinski definition) is 1. The van der Waals surface area contributed by atoms with Crippen LogP contribution in [0.3, 0.4) is 0 Å². The van der Waals surface area contributed by atoms with Gasteiger partial charge in [-0.05, 0) is 51.8 Å². The van der Waals surface area contributed by atoms with Crippen LogP contribution in [0.25, 0.3) is 11.0 Å². The van der Waals surface area contributed by atoms with Gasteiger partial charge in [-0.15, -0.1) is 0 Å². The minimum atomic E-state index is -0.509. The predicted octanol–water partition coefficient (Wildman–Crippen LogP) is 4.97. The summed E-state index contributed by atoms with van der Waals surface area (Å²) in [4.78, 5) is 30.4. The maximum atomic E-state index is 13.6. The average Bonchev–Trinajstić information content (AvgIpc) is 2.75. The van der Waals surface area contributed by atoms with Crippen LogP contribution in [-0.4, -0.2) is 51.8 Å². The molecule has 0 aliphatic carbocycles. The highest BCUT2D eigenvalue weighted by Gasteiger charge is 2.23. The molecule has 1 aromatic heterocycles. The van der Waals surface area contributed by atoms with Crippen molar-refractivity contribution in [3.8, 4) is 0 Å². The molecule has 1 amide bonds. The van der Waals surface area contributed by atoms with Crippen molar-refractivity contribution in [2.75, 3.05) is 19.6 Å². The molecule has 1 aliphatic rings. The van der Waals surface area contributed by atoms with E-state index < -0.39 is 5.60 Å². The van der Waals surface area contributed by atoms with Crippen molar-refractivity contribution in [1.29, 1.82) is 0 Å². The third kappa shape index (κ3) is 9.90. The third-order valence-electron chi connectivity index (χ3n) is 4.76. The van der Waals surface area contributed by atoms with Crippen molar-refractivity contribution in [2.45, 2.75) is 85.9 Å². The smallest absolute Gasteiger partial charge is 0.407 e. The Kier molecular flexibility index (Phi) is 12.1. The van der Waals surface area contributed by atoms with Crippen molar-refractivity contribution in [3.05, 3.63) is 40.6 Å². The fourth-order valence-electron chi connectivity index (χ4n) is 3.38. The Labute approximate surface area is 197 Å². The molecule has 0 atom stereocenters. The quantitative estimate of drug-likeness (QED) is 0.692. The fraction of sp³-hybridized carbons (Fsp3) is 0.640. The first-order chi connectivity index (χ1) is 15.6. The van der Waals surface area contributed by atoms with Crippen LogP contribution in [0, 0.1) is 5.82 Å². The first kappa shape index (κ1) is 28.6. The zero-order valence-electron chi connectivity index (χ0n) is 21.3. The number of fused-ring (bicyclic) bond motifs is 1. The largest absolute Gasteiger partial charge is 0.444 e. The number of halogens is 1. The van der Waals surface area contributed by atoms with E-state index in [4.69, 9.17) is 4.74 Å². The summed E-state index contributed by atoms with van der Waals surface area (Å²) in [5.74, 6) is -0.386. The van der Waals surface area contributed by atoms with Crippen LogP contribution in [-0.2, 0) is 11.3 Å². The number of carbonyl (C=O) groups excluding carboxylic acids is 1. The highest BCUT2D eigenvalue weighted by atomic mass is 19.1. The molecule has 1 fully saturated rings. The van der Waals surface area contributed by atoms with E-state index in [1.54, 1.807) is 10.6 Å². The van der Waals surface area contributed by atoms with E-state index in [0.29, 0.717) is 24.1 Å². The molecular formula is C25H41FN4O3. The first-order valence-corrected chi connectivity index (χ1v) is 12.0. The topological polar surface area (TPSA) is 76.5 Å². The number of hydrogen-bond acceptors (Lipinski definition) is 5. The molecule has 1 N–H and O–H groups in total. The van der Waals surface area contributed by atoms with Gasteiger partial charge in [0, 0.05) is 32.2 Å². The number of ether oxygens (including phenoxy) is 1. The summed E-state index contributed by atoms with van der Waals surface area (Å²) >= 11 is 0. The third-order valence-corrected chi connectivity index (χ3v) is 4.76. The molecule has 3 rings (SSSR count). The Bertz CT molecular complexity index is 916. The predicted molar refractivity (Wildman–Crippen MR) is 132 cm³/mol. The van der Waals surface area contributed by atoms with E-state index in [0.717, 1.165) is 25.9 Å². The highest BCUT2D eigenvalue weighted by Crippen LogP contribution is 2.14. The first-order valence-electron chi connectivity index (χ1n) is 12.0. The Morgan fingerprint density at radius 1 is 1.18 bits per heavy atom. The number of nitrogens with one attached hydrogen (secondary N) is 1. The number of likely N-dealkylation sites (tertiary alicyclic amines) is 1. The Morgan fingerprint density at radius 3 is 2.36 bits per heavy atom. The van der Waals surface area contributed by atoms with E-state index >= 15 is 0 Å². The van der Waals surface area contributed by atoms with Gasteiger partial charge in [-0.2, -0.15) is 0 Å². The van der Waals surface area contributed by atoms with Gasteiger partial charge in [0.1, 0.15) is 11.4 Å². The van der Waals surface area contributed by atoms with Crippen LogP contribution < -0.4 is 10.9 Å². The van der Waals surface area contributed by atoms with Crippen molar-refractivity contribution in [1.82, 2.24) is 19.8 Å². The van der Waals surface area contributed by atoms with Crippen LogP contribution in [0.4, 0.5) is 9.18 Å². The molecule has 0 bridgehead atoms. The molecule has 1 aliphatic heterocycles. The summed E-state index contributed by atoms with van der Waals surface area (Å²) in [7, 11) is 0. The van der Waals surface area contributed by atoms with Crippen molar-refractivity contribution in [2.24, 2.45) is 0 Å². The van der Waals surface area contributed by atoms with Crippen molar-refractivity contribution in [3.63, 3.8) is 0 Å². The second-order valence-corrected chi connectivity index (χ2v) is 8.85. The molecule has 2 aromatic rings. The Morgan fingerprint density at radius 2 is 1.79 bits per heavy atom. The Balaban J connectivity index is 0.00000101. The standard InChI is InChI=1S/C20H27FN4O3.C3H8.C2H6/c1-20(2,3)28-19(27)23-15-6-8-24(9-7-15)10-11-25-17-12-14(21)4-5-16(17)22-13-18(25)26;1-3-2;1-2/h4-5,12-13,15H,6-11H2,1-3H3,(H,23,27);3H2,1-2H3;1-2H3. The number of amides is 1. The van der Waals surface area contributed by atoms with E-state index in [2.05, 4.69) is 29.0 Å². The molecule has 33 heavy (non-hydrogen) atoms. The molecule has 1 aromatic carbocycles. The highest BCUT2D eigenvalue weighted by molar-refractivity contribution is 5.74. The second kappa shape index (κ2) is 13.9. The van der Waals surface area contributed by atoms with E-state index in [9.17, 15) is 14.0 Å². The molecule has 186 valence electrons. The number of benzene rings is 1. The van der Waals surface area contributed by atoms with Crippen LogP contribution in [0.2, 0.25) is 0 Å². The molecular weight excluding hydrogens is 423 g/mol. The summed E-state index contributed by atoms with van der Waals surface area (Å²) in [5.41, 5.74) is 0.361. The van der Waals surface area contributed by atoms with Gasteiger partial charge < -0.3 is 19.5 Å². The van der Waals surface area contributed by atoms with Crippen LogP contribution >= 0.6 is 0 Å². The van der Waals surface area contributed by atoms with Crippen LogP contribution in [0.5, 0.6) is 0 Å². The zero-order valence-corrected chi connectivity index (χ0v) is 21.3. The van der Waals surface area contributed by atoms with Gasteiger partial charge in [-0.1, -0.05) is 34.1 Å². The van der Waals surface area contributed by atoms with Gasteiger partial charge in [0.05, 0.1) is 17.2 Å². The normalized spacial score (nSPS) is 14.5. The lowest BCUT2D eigenvalue weighted by Gasteiger charge is -2.33. The Hall–Kier alpha value is -2.48. The van der Waals surface area contributed by atoms with Crippen molar-refractivity contribution >= 4 is 17.1 Å². The number of piperidine rings is 1. The van der Waals surface area contributed by atoms with E-state index in [1.807, 2.05) is 34.6 Å². The molecule has 1 saturated heterocycles. The minimum Gasteiger partial charge on any atom is -0.444 e. The second-order valence-electron chi connectivity index (χ2n) is 8.85. The molecule has 7 nitrogen and oxygen atoms in total. The lowest BCUT2D eigenvalue weighted by Crippen LogP contribution is -2.46. The molecule has 0 spiro atoms. The summed E-state index contributed by atoms with van der Waals surface area (Å²) in [6.45, 7) is 16.5. The zero-order chi connectivity index (χ0) is 25.0. The maximum Gasteiger partial charge on any atom is 0.407 e. The van der Waals surface area contributed by atoms with Gasteiger partial charge >= 0.3 is 6.09 Å². The lowest BCUT2D eigenvalue weighted by atomic mass is 10.1. The number of carbonyl (C=O) groups is 1. The summed E-state index contributed by atoms with van der Waals surface area (Å²) in [6, 6.07) is 4.35. The van der Waals surface area contributed by atoms with Gasteiger partial charge in [0.2, 0.25) is 0 Å². The van der Waals surface area contributed by atoms with Gasteiger partial charge in [-0.3, -0.25) is 4.79 Å². The number of alkyl carbamates (subject to hydrolysis) is 1. The minimum absolute atomic E-state index is 0.0877. The van der Waals surface area contributed by atoms with Gasteiger partial charge in [0.25, 0.3) is 5.56 Å². The monoisotopic (exact) mass is 464 g/mol. The summed E-state index contributed by atoms with van der Waals surface area (Å²) in [5, 5.41) is 2.92. The van der Waals surface area contributed by atoms with Crippen LogP contribution in [0.1, 0.15) is 67.7 Å². The van der Waals surface area contributed by atoms with Crippen LogP contribution in [0.15, 0.2) is 29.2 Å². The molecule has 2 heterocycles. The summed E-state index contributed by atoms with van der Waals surface area (Å²) < 4.78 is 20.5. The summed E-state index contributed by atoms with van der Waals surface area (Å²) in [6.07, 6.45) is 3.78. The number of nitrogens with zero attached hydrogens (tertiary/aromatic N) is 3. The molecule has 8 heteroatoms. The van der Waals surface area contributed by atoms with Crippen molar-refractivity contribution < 1.29 is 13.9 Å². The molecule has 0 radical (unpaired) electrons. The molecule has 0 unspecified atom stereocenters. The van der Waals surface area contributed by atoms with E-state index in [1.165, 1.54) is 24.8 Å². The average molecular weight is 465 g/mol.